The maximum Gasteiger partial charge on any atom is 0.227 e. The Morgan fingerprint density at radius 2 is 2.20 bits per heavy atom. The van der Waals surface area contributed by atoms with Crippen molar-refractivity contribution in [1.82, 2.24) is 10.6 Å². The first kappa shape index (κ1) is 17.7. The number of para-hydroxylation sites is 2. The van der Waals surface area contributed by atoms with E-state index in [1.165, 1.54) is 0 Å². The standard InChI is InChI=1S/C19H27N3O3/c1-3-25-17-7-5-4-6-16(17)22-12-14(10-18(22)23)19(24)21-15-8-9-20-11-13(15)2/h4-7,13-15,20H,3,8-12H2,1-2H3,(H,21,24). The molecule has 2 amide bonds. The molecule has 136 valence electrons. The molecule has 2 saturated heterocycles. The molecule has 1 aromatic rings. The summed E-state index contributed by atoms with van der Waals surface area (Å²) < 4.78 is 5.63. The number of piperidine rings is 1. The highest BCUT2D eigenvalue weighted by Gasteiger charge is 2.37. The fraction of sp³-hybridized carbons (Fsp3) is 0.579. The van der Waals surface area contributed by atoms with E-state index in [1.54, 1.807) is 4.90 Å². The van der Waals surface area contributed by atoms with Crippen molar-refractivity contribution in [3.05, 3.63) is 24.3 Å². The lowest BCUT2D eigenvalue weighted by atomic mass is 9.94. The highest BCUT2D eigenvalue weighted by molar-refractivity contribution is 6.01. The number of nitrogens with one attached hydrogen (secondary N) is 2. The molecule has 3 unspecified atom stereocenters. The zero-order valence-corrected chi connectivity index (χ0v) is 15.0. The summed E-state index contributed by atoms with van der Waals surface area (Å²) in [6.45, 7) is 6.85. The van der Waals surface area contributed by atoms with E-state index in [4.69, 9.17) is 4.74 Å². The van der Waals surface area contributed by atoms with Gasteiger partial charge in [-0.05, 0) is 44.5 Å². The quantitative estimate of drug-likeness (QED) is 0.849. The van der Waals surface area contributed by atoms with Gasteiger partial charge in [0.05, 0.1) is 18.2 Å². The minimum absolute atomic E-state index is 0.0107. The van der Waals surface area contributed by atoms with Gasteiger partial charge in [-0.25, -0.2) is 0 Å². The molecule has 2 heterocycles. The van der Waals surface area contributed by atoms with Crippen LogP contribution in [0, 0.1) is 11.8 Å². The van der Waals surface area contributed by atoms with Gasteiger partial charge in [0, 0.05) is 19.0 Å². The molecule has 3 rings (SSSR count). The van der Waals surface area contributed by atoms with E-state index in [0.717, 1.165) is 25.2 Å². The van der Waals surface area contributed by atoms with Gasteiger partial charge in [0.2, 0.25) is 11.8 Å². The molecular weight excluding hydrogens is 318 g/mol. The third-order valence-corrected chi connectivity index (χ3v) is 5.06. The highest BCUT2D eigenvalue weighted by Crippen LogP contribution is 2.33. The number of carbonyl (C=O) groups excluding carboxylic acids is 2. The van der Waals surface area contributed by atoms with Crippen LogP contribution in [0.25, 0.3) is 0 Å². The molecular formula is C19H27N3O3. The number of nitrogens with zero attached hydrogens (tertiary/aromatic N) is 1. The van der Waals surface area contributed by atoms with Crippen molar-refractivity contribution in [3.63, 3.8) is 0 Å². The van der Waals surface area contributed by atoms with Gasteiger partial charge in [-0.2, -0.15) is 0 Å². The maximum atomic E-state index is 12.7. The molecule has 6 heteroatoms. The third kappa shape index (κ3) is 3.95. The summed E-state index contributed by atoms with van der Waals surface area (Å²) in [6, 6.07) is 7.69. The summed E-state index contributed by atoms with van der Waals surface area (Å²) >= 11 is 0. The first-order chi connectivity index (χ1) is 12.1. The van der Waals surface area contributed by atoms with Crippen molar-refractivity contribution < 1.29 is 14.3 Å². The van der Waals surface area contributed by atoms with Crippen LogP contribution < -0.4 is 20.3 Å². The lowest BCUT2D eigenvalue weighted by molar-refractivity contribution is -0.127. The fourth-order valence-corrected chi connectivity index (χ4v) is 3.60. The SMILES string of the molecule is CCOc1ccccc1N1CC(C(=O)NC2CCNCC2C)CC1=O. The molecule has 3 atom stereocenters. The van der Waals surface area contributed by atoms with Gasteiger partial charge in [0.1, 0.15) is 5.75 Å². The molecule has 0 bridgehead atoms. The van der Waals surface area contributed by atoms with Crippen LogP contribution >= 0.6 is 0 Å². The molecule has 2 N–H and O–H groups in total. The van der Waals surface area contributed by atoms with Crippen LogP contribution in [-0.4, -0.2) is 44.1 Å². The second kappa shape index (κ2) is 7.87. The summed E-state index contributed by atoms with van der Waals surface area (Å²) in [6.07, 6.45) is 1.19. The number of carbonyl (C=O) groups is 2. The van der Waals surface area contributed by atoms with Gasteiger partial charge >= 0.3 is 0 Å². The van der Waals surface area contributed by atoms with Crippen molar-refractivity contribution in [3.8, 4) is 5.75 Å². The molecule has 0 spiro atoms. The Kier molecular flexibility index (Phi) is 5.58. The molecule has 6 nitrogen and oxygen atoms in total. The van der Waals surface area contributed by atoms with Crippen LogP contribution in [0.2, 0.25) is 0 Å². The minimum Gasteiger partial charge on any atom is -0.492 e. The Morgan fingerprint density at radius 3 is 2.96 bits per heavy atom. The number of hydrogen-bond acceptors (Lipinski definition) is 4. The zero-order chi connectivity index (χ0) is 17.8. The number of amides is 2. The summed E-state index contributed by atoms with van der Waals surface area (Å²) in [5, 5.41) is 6.49. The number of rotatable bonds is 5. The average Bonchev–Trinajstić information content (AvgIpc) is 2.99. The molecule has 2 fully saturated rings. The summed E-state index contributed by atoms with van der Waals surface area (Å²) in [5.41, 5.74) is 0.750. The first-order valence-electron chi connectivity index (χ1n) is 9.13. The Bertz CT molecular complexity index is 634. The zero-order valence-electron chi connectivity index (χ0n) is 15.0. The van der Waals surface area contributed by atoms with Crippen LogP contribution in [0.5, 0.6) is 5.75 Å². The van der Waals surface area contributed by atoms with Gasteiger partial charge < -0.3 is 20.3 Å². The van der Waals surface area contributed by atoms with E-state index in [1.807, 2.05) is 31.2 Å². The average molecular weight is 345 g/mol. The van der Waals surface area contributed by atoms with E-state index in [-0.39, 0.29) is 30.2 Å². The van der Waals surface area contributed by atoms with E-state index in [9.17, 15) is 9.59 Å². The van der Waals surface area contributed by atoms with Crippen LogP contribution in [0.15, 0.2) is 24.3 Å². The van der Waals surface area contributed by atoms with Crippen molar-refractivity contribution >= 4 is 17.5 Å². The molecule has 1 aromatic carbocycles. The van der Waals surface area contributed by atoms with E-state index >= 15 is 0 Å². The van der Waals surface area contributed by atoms with Crippen LogP contribution in [-0.2, 0) is 9.59 Å². The first-order valence-corrected chi connectivity index (χ1v) is 9.13. The van der Waals surface area contributed by atoms with Crippen molar-refractivity contribution in [2.75, 3.05) is 31.1 Å². The van der Waals surface area contributed by atoms with Crippen molar-refractivity contribution in [1.29, 1.82) is 0 Å². The second-order valence-corrected chi connectivity index (χ2v) is 6.89. The smallest absolute Gasteiger partial charge is 0.227 e. The molecule has 0 aliphatic carbocycles. The highest BCUT2D eigenvalue weighted by atomic mass is 16.5. The molecule has 2 aliphatic heterocycles. The maximum absolute atomic E-state index is 12.7. The predicted octanol–water partition coefficient (Wildman–Crippen LogP) is 1.55. The Morgan fingerprint density at radius 1 is 1.40 bits per heavy atom. The summed E-state index contributed by atoms with van der Waals surface area (Å²) in [4.78, 5) is 26.8. The van der Waals surface area contributed by atoms with Crippen molar-refractivity contribution in [2.45, 2.75) is 32.7 Å². The largest absolute Gasteiger partial charge is 0.492 e. The Hall–Kier alpha value is -2.08. The predicted molar refractivity (Wildman–Crippen MR) is 96.7 cm³/mol. The van der Waals surface area contributed by atoms with Crippen LogP contribution in [0.1, 0.15) is 26.7 Å². The molecule has 25 heavy (non-hydrogen) atoms. The lowest BCUT2D eigenvalue weighted by Crippen LogP contribution is -2.50. The number of hydrogen-bond donors (Lipinski definition) is 2. The topological polar surface area (TPSA) is 70.7 Å². The number of benzene rings is 1. The lowest BCUT2D eigenvalue weighted by Gasteiger charge is -2.31. The van der Waals surface area contributed by atoms with Crippen molar-refractivity contribution in [2.24, 2.45) is 11.8 Å². The minimum atomic E-state index is -0.302. The van der Waals surface area contributed by atoms with Gasteiger partial charge in [-0.15, -0.1) is 0 Å². The molecule has 0 saturated carbocycles. The van der Waals surface area contributed by atoms with Gasteiger partial charge in [0.25, 0.3) is 0 Å². The normalized spacial score (nSPS) is 26.6. The fourth-order valence-electron chi connectivity index (χ4n) is 3.60. The Balaban J connectivity index is 1.67. The third-order valence-electron chi connectivity index (χ3n) is 5.06. The second-order valence-electron chi connectivity index (χ2n) is 6.89. The van der Waals surface area contributed by atoms with E-state index < -0.39 is 0 Å². The van der Waals surface area contributed by atoms with Gasteiger partial charge in [-0.3, -0.25) is 9.59 Å². The molecule has 0 aromatic heterocycles. The number of ether oxygens (including phenoxy) is 1. The Labute approximate surface area is 148 Å². The van der Waals surface area contributed by atoms with E-state index in [0.29, 0.717) is 24.8 Å². The van der Waals surface area contributed by atoms with Crippen LogP contribution in [0.4, 0.5) is 5.69 Å². The number of anilines is 1. The van der Waals surface area contributed by atoms with Crippen LogP contribution in [0.3, 0.4) is 0 Å². The molecule has 0 radical (unpaired) electrons. The van der Waals surface area contributed by atoms with Gasteiger partial charge in [-0.1, -0.05) is 19.1 Å². The van der Waals surface area contributed by atoms with E-state index in [2.05, 4.69) is 17.6 Å². The molecule has 2 aliphatic rings. The summed E-state index contributed by atoms with van der Waals surface area (Å²) in [7, 11) is 0. The summed E-state index contributed by atoms with van der Waals surface area (Å²) in [5.74, 6) is 0.759. The monoisotopic (exact) mass is 345 g/mol. The van der Waals surface area contributed by atoms with Gasteiger partial charge in [0.15, 0.2) is 0 Å².